The Hall–Kier alpha value is -3.14. The number of hydrogen-bond acceptors (Lipinski definition) is 6. The largest absolute Gasteiger partial charge is 0.244 e. The fourth-order valence-corrected chi connectivity index (χ4v) is 3.17. The summed E-state index contributed by atoms with van der Waals surface area (Å²) in [7, 11) is -4.94. The second kappa shape index (κ2) is 9.34. The molecule has 0 fully saturated rings. The second-order valence-electron chi connectivity index (χ2n) is 7.03. The monoisotopic (exact) mass is 440 g/mol. The van der Waals surface area contributed by atoms with Gasteiger partial charge in [-0.15, -0.1) is 20.4 Å². The summed E-state index contributed by atoms with van der Waals surface area (Å²) < 4.78 is 38.0. The van der Waals surface area contributed by atoms with Gasteiger partial charge in [-0.1, -0.05) is 56.9 Å². The molecule has 4 aromatic rings. The highest BCUT2D eigenvalue weighted by Crippen LogP contribution is 2.25. The normalized spacial score (nSPS) is 11.1. The molecular weight excluding hydrogens is 420 g/mol. The van der Waals surface area contributed by atoms with Crippen molar-refractivity contribution < 1.29 is 33.6 Å². The number of hydrogen-bond donors (Lipinski definition) is 0. The fourth-order valence-electron chi connectivity index (χ4n) is 3.17. The summed E-state index contributed by atoms with van der Waals surface area (Å²) in [5, 5.41) is 7.94. The minimum atomic E-state index is -4.94. The number of pyridine rings is 1. The van der Waals surface area contributed by atoms with Crippen molar-refractivity contribution in [3.8, 4) is 22.4 Å². The Bertz CT molecular complexity index is 1130. The van der Waals surface area contributed by atoms with Gasteiger partial charge >= 0.3 is 0 Å². The lowest BCUT2D eigenvalue weighted by Gasteiger charge is -2.17. The molecule has 0 spiro atoms. The van der Waals surface area contributed by atoms with Crippen LogP contribution in [0.3, 0.4) is 0 Å². The van der Waals surface area contributed by atoms with Gasteiger partial charge < -0.3 is 0 Å². The van der Waals surface area contributed by atoms with Crippen LogP contribution >= 0.6 is 0 Å². The van der Waals surface area contributed by atoms with E-state index >= 15 is 0 Å². The van der Waals surface area contributed by atoms with E-state index in [9.17, 15) is 0 Å². The highest BCUT2D eigenvalue weighted by Gasteiger charge is 2.21. The molecule has 4 rings (SSSR count). The first-order chi connectivity index (χ1) is 14.6. The lowest BCUT2D eigenvalue weighted by atomic mass is 10.0. The third-order valence-electron chi connectivity index (χ3n) is 4.59. The summed E-state index contributed by atoms with van der Waals surface area (Å²) in [5.41, 5.74) is 8.28. The molecule has 160 valence electrons. The molecule has 0 unspecified atom stereocenters. The zero-order chi connectivity index (χ0) is 22.6. The summed E-state index contributed by atoms with van der Waals surface area (Å²) in [6, 6.07) is 21.7. The van der Waals surface area contributed by atoms with Crippen molar-refractivity contribution in [1.29, 1.82) is 0 Å². The van der Waals surface area contributed by atoms with Crippen molar-refractivity contribution in [2.24, 2.45) is 0 Å². The van der Waals surface area contributed by atoms with Crippen LogP contribution in [-0.2, 0) is 0 Å². The minimum absolute atomic E-state index is 1.10. The van der Waals surface area contributed by atoms with Crippen LogP contribution in [0.15, 0.2) is 73.3 Å². The second-order valence-corrected chi connectivity index (χ2v) is 7.79. The summed E-state index contributed by atoms with van der Waals surface area (Å²) in [4.78, 5) is 0. The number of aromatic nitrogens is 4. The Morgan fingerprint density at radius 2 is 1.13 bits per heavy atom. The third-order valence-corrected chi connectivity index (χ3v) is 4.59. The van der Waals surface area contributed by atoms with Crippen molar-refractivity contribution in [3.63, 3.8) is 0 Å². The molecule has 2 aromatic heterocycles. The van der Waals surface area contributed by atoms with Crippen LogP contribution in [0.5, 0.6) is 0 Å². The molecule has 2 heterocycles. The van der Waals surface area contributed by atoms with Crippen LogP contribution in [0.4, 0.5) is 0 Å². The molecular formula is C22H21ClN4O4. The van der Waals surface area contributed by atoms with Crippen molar-refractivity contribution in [3.05, 3.63) is 90.1 Å². The number of benzene rings is 2. The smallest absolute Gasteiger partial charge is 0.222 e. The Morgan fingerprint density at radius 3 is 1.61 bits per heavy atom. The van der Waals surface area contributed by atoms with E-state index in [1.54, 1.807) is 12.7 Å². The zero-order valence-corrected chi connectivity index (χ0v) is 18.0. The van der Waals surface area contributed by atoms with Crippen molar-refractivity contribution in [1.82, 2.24) is 14.9 Å². The number of rotatable bonds is 3. The van der Waals surface area contributed by atoms with Crippen molar-refractivity contribution in [2.75, 3.05) is 0 Å². The minimum Gasteiger partial charge on any atom is -0.222 e. The van der Waals surface area contributed by atoms with E-state index in [1.165, 1.54) is 22.3 Å². The summed E-state index contributed by atoms with van der Waals surface area (Å²) in [5.74, 6) is 0. The summed E-state index contributed by atoms with van der Waals surface area (Å²) in [6.45, 7) is 6.32. The van der Waals surface area contributed by atoms with Crippen LogP contribution < -0.4 is 23.3 Å². The molecule has 0 amide bonds. The van der Waals surface area contributed by atoms with Gasteiger partial charge in [0.25, 0.3) is 0 Å². The SMILES string of the molecule is Cc1ccc(-c2cc(C)[n+](-n3cnnc3)c(-c3ccc(C)cc3)c2)cc1.[O-][Cl+3]([O-])([O-])[O-]. The van der Waals surface area contributed by atoms with Gasteiger partial charge in [0.1, 0.15) is 0 Å². The third kappa shape index (κ3) is 6.17. The highest BCUT2D eigenvalue weighted by molar-refractivity contribution is 5.69. The van der Waals surface area contributed by atoms with E-state index in [1.807, 2.05) is 4.68 Å². The number of halogens is 1. The van der Waals surface area contributed by atoms with Crippen LogP contribution in [0.25, 0.3) is 22.4 Å². The average molecular weight is 441 g/mol. The van der Waals surface area contributed by atoms with Gasteiger partial charge in [-0.25, -0.2) is 18.6 Å². The molecule has 0 saturated heterocycles. The predicted molar refractivity (Wildman–Crippen MR) is 103 cm³/mol. The molecule has 0 bridgehead atoms. The first-order valence-corrected chi connectivity index (χ1v) is 10.5. The molecule has 0 aliphatic rings. The van der Waals surface area contributed by atoms with E-state index in [2.05, 4.69) is 96.3 Å². The maximum atomic E-state index is 8.49. The molecule has 0 aliphatic heterocycles. The van der Waals surface area contributed by atoms with Gasteiger partial charge in [0, 0.05) is 24.6 Å². The standard InChI is InChI=1S/C22H21N4.ClHO4/c1-16-4-8-19(9-5-16)21-12-18(3)26(25-14-23-24-15-25)22(13-21)20-10-6-17(2)7-11-20;2-1(3,4)5/h4-15H,1-3H3;(H,2,3,4,5)/q+1;/p-1. The topological polar surface area (TPSA) is 127 Å². The predicted octanol–water partition coefficient (Wildman–Crippen LogP) is -0.620. The molecule has 0 radical (unpaired) electrons. The maximum absolute atomic E-state index is 8.49. The van der Waals surface area contributed by atoms with Gasteiger partial charge in [0.15, 0.2) is 12.7 Å². The lowest BCUT2D eigenvalue weighted by molar-refractivity contribution is -2.00. The van der Waals surface area contributed by atoms with Gasteiger partial charge in [-0.2, -0.15) is 0 Å². The molecule has 2 aromatic carbocycles. The van der Waals surface area contributed by atoms with Gasteiger partial charge in [0.05, 0.1) is 0 Å². The van der Waals surface area contributed by atoms with E-state index < -0.39 is 10.2 Å². The van der Waals surface area contributed by atoms with Crippen LogP contribution in [0.2, 0.25) is 0 Å². The first kappa shape index (κ1) is 22.5. The zero-order valence-electron chi connectivity index (χ0n) is 17.2. The van der Waals surface area contributed by atoms with Gasteiger partial charge in [-0.3, -0.25) is 0 Å². The Labute approximate surface area is 182 Å². The van der Waals surface area contributed by atoms with Crippen LogP contribution in [0.1, 0.15) is 16.8 Å². The molecule has 0 saturated carbocycles. The van der Waals surface area contributed by atoms with Crippen molar-refractivity contribution in [2.45, 2.75) is 20.8 Å². The lowest BCUT2D eigenvalue weighted by Crippen LogP contribution is -2.68. The summed E-state index contributed by atoms with van der Waals surface area (Å²) in [6.07, 6.45) is 3.44. The maximum Gasteiger partial charge on any atom is 0.244 e. The van der Waals surface area contributed by atoms with Crippen LogP contribution in [0, 0.1) is 31.0 Å². The summed E-state index contributed by atoms with van der Waals surface area (Å²) >= 11 is 0. The molecule has 0 N–H and O–H groups in total. The van der Waals surface area contributed by atoms with E-state index in [0.29, 0.717) is 0 Å². The Kier molecular flexibility index (Phi) is 6.79. The van der Waals surface area contributed by atoms with E-state index in [-0.39, 0.29) is 0 Å². The van der Waals surface area contributed by atoms with Crippen molar-refractivity contribution >= 4 is 0 Å². The molecule has 8 nitrogen and oxygen atoms in total. The average Bonchev–Trinajstić information content (AvgIpc) is 3.21. The molecule has 9 heteroatoms. The molecule has 31 heavy (non-hydrogen) atoms. The van der Waals surface area contributed by atoms with E-state index in [0.717, 1.165) is 17.0 Å². The Morgan fingerprint density at radius 1 is 0.677 bits per heavy atom. The number of nitrogens with zero attached hydrogens (tertiary/aromatic N) is 4. The fraction of sp³-hybridized carbons (Fsp3) is 0.136. The first-order valence-electron chi connectivity index (χ1n) is 9.29. The van der Waals surface area contributed by atoms with Gasteiger partial charge in [0.2, 0.25) is 11.4 Å². The van der Waals surface area contributed by atoms with E-state index in [4.69, 9.17) is 18.6 Å². The van der Waals surface area contributed by atoms with Crippen LogP contribution in [-0.4, -0.2) is 14.9 Å². The Balaban J connectivity index is 0.000000491. The number of aryl methyl sites for hydroxylation is 3. The quantitative estimate of drug-likeness (QED) is 0.391. The van der Waals surface area contributed by atoms with Gasteiger partial charge in [-0.05, 0) is 37.1 Å². The molecule has 0 atom stereocenters. The highest BCUT2D eigenvalue weighted by atomic mass is 35.7. The molecule has 0 aliphatic carbocycles.